The lowest BCUT2D eigenvalue weighted by atomic mass is 9.95. The van der Waals surface area contributed by atoms with Crippen molar-refractivity contribution < 1.29 is 37.4 Å². The Morgan fingerprint density at radius 2 is 1.44 bits per heavy atom. The number of benzene rings is 2. The monoisotopic (exact) mass is 383 g/mol. The smallest absolute Gasteiger partial charge is 0.339 e. The van der Waals surface area contributed by atoms with E-state index >= 15 is 0 Å². The minimum absolute atomic E-state index is 0.565. The molecule has 5 nitrogen and oxygen atoms in total. The molecular weight excluding hydrogens is 370 g/mol. The predicted molar refractivity (Wildman–Crippen MR) is 86.2 cm³/mol. The number of phenols is 1. The van der Waals surface area contributed by atoms with E-state index in [1.165, 1.54) is 12.1 Å². The van der Waals surface area contributed by atoms with Gasteiger partial charge < -0.3 is 15.1 Å². The molecule has 2 aromatic rings. The molecule has 0 aromatic heterocycles. The average Bonchev–Trinajstić information content (AvgIpc) is 3.16. The zero-order valence-electron chi connectivity index (χ0n) is 13.7. The molecule has 3 rings (SSSR count). The fourth-order valence-corrected chi connectivity index (χ4v) is 3.06. The number of nitrogens with zero attached hydrogens (tertiary/aromatic N) is 1. The molecule has 0 amide bonds. The second-order valence-electron chi connectivity index (χ2n) is 6.04. The van der Waals surface area contributed by atoms with Gasteiger partial charge in [-0.3, -0.25) is 4.79 Å². The highest BCUT2D eigenvalue weighted by Gasteiger charge is 2.34. The number of carbonyl (C=O) groups excluding carboxylic acids is 1. The number of carbonyl (C=O) groups is 2. The average molecular weight is 383 g/mol. The van der Waals surface area contributed by atoms with Crippen molar-refractivity contribution in [3.8, 4) is 5.75 Å². The maximum Gasteiger partial charge on any atom is 0.339 e. The molecule has 142 valence electrons. The lowest BCUT2D eigenvalue weighted by molar-refractivity contribution is 0.0684. The van der Waals surface area contributed by atoms with Crippen molar-refractivity contribution in [3.63, 3.8) is 0 Å². The van der Waals surface area contributed by atoms with Gasteiger partial charge in [-0.25, -0.2) is 22.4 Å². The molecule has 0 aliphatic carbocycles. The molecule has 1 heterocycles. The van der Waals surface area contributed by atoms with Crippen molar-refractivity contribution in [2.24, 2.45) is 0 Å². The van der Waals surface area contributed by atoms with Crippen LogP contribution in [0.5, 0.6) is 5.75 Å². The minimum Gasteiger partial charge on any atom is -0.507 e. The number of anilines is 1. The number of carboxylic acid groups (broad SMARTS) is 1. The first-order chi connectivity index (χ1) is 12.7. The van der Waals surface area contributed by atoms with Crippen LogP contribution < -0.4 is 4.90 Å². The fourth-order valence-electron chi connectivity index (χ4n) is 3.06. The Balaban J connectivity index is 2.12. The summed E-state index contributed by atoms with van der Waals surface area (Å²) in [5.74, 6) is -13.2. The van der Waals surface area contributed by atoms with E-state index < -0.39 is 57.5 Å². The first-order valence-corrected chi connectivity index (χ1v) is 7.96. The van der Waals surface area contributed by atoms with Crippen LogP contribution in [0.2, 0.25) is 0 Å². The van der Waals surface area contributed by atoms with Crippen molar-refractivity contribution in [1.82, 2.24) is 0 Å². The van der Waals surface area contributed by atoms with Crippen LogP contribution in [0, 0.1) is 23.3 Å². The maximum absolute atomic E-state index is 14.1. The van der Waals surface area contributed by atoms with Crippen LogP contribution in [-0.2, 0) is 0 Å². The molecule has 0 bridgehead atoms. The number of aromatic carboxylic acids is 1. The van der Waals surface area contributed by atoms with Gasteiger partial charge in [-0.15, -0.1) is 0 Å². The molecule has 0 unspecified atom stereocenters. The zero-order valence-corrected chi connectivity index (χ0v) is 13.7. The lowest BCUT2D eigenvalue weighted by Crippen LogP contribution is -2.19. The Morgan fingerprint density at radius 3 is 1.96 bits per heavy atom. The number of aromatic hydroxyl groups is 1. The third-order valence-electron chi connectivity index (χ3n) is 4.41. The molecule has 1 saturated heterocycles. The first-order valence-electron chi connectivity index (χ1n) is 7.96. The SMILES string of the molecule is O=C(O)c1c(F)c(F)c(F)c(F)c1C(=O)c1ccc(N2CCCC2)cc1O. The summed E-state index contributed by atoms with van der Waals surface area (Å²) in [5, 5.41) is 19.1. The first kappa shape index (κ1) is 18.7. The molecule has 1 fully saturated rings. The Hall–Kier alpha value is -3.10. The van der Waals surface area contributed by atoms with E-state index in [1.807, 2.05) is 4.90 Å². The van der Waals surface area contributed by atoms with Crippen LogP contribution >= 0.6 is 0 Å². The van der Waals surface area contributed by atoms with Gasteiger partial charge in [-0.05, 0) is 25.0 Å². The van der Waals surface area contributed by atoms with Gasteiger partial charge >= 0.3 is 5.97 Å². The molecule has 0 radical (unpaired) electrons. The van der Waals surface area contributed by atoms with E-state index in [9.17, 15) is 32.3 Å². The Labute approximate surface area is 150 Å². The van der Waals surface area contributed by atoms with Gasteiger partial charge in [-0.2, -0.15) is 0 Å². The maximum atomic E-state index is 14.1. The van der Waals surface area contributed by atoms with Crippen LogP contribution in [0.15, 0.2) is 18.2 Å². The van der Waals surface area contributed by atoms with Crippen molar-refractivity contribution >= 4 is 17.4 Å². The van der Waals surface area contributed by atoms with Crippen molar-refractivity contribution in [2.75, 3.05) is 18.0 Å². The summed E-state index contributed by atoms with van der Waals surface area (Å²) in [5.41, 5.74) is -3.12. The summed E-state index contributed by atoms with van der Waals surface area (Å²) >= 11 is 0. The molecule has 0 saturated carbocycles. The molecule has 2 N–H and O–H groups in total. The van der Waals surface area contributed by atoms with Crippen LogP contribution in [0.1, 0.15) is 39.1 Å². The number of hydrogen-bond acceptors (Lipinski definition) is 4. The molecule has 27 heavy (non-hydrogen) atoms. The predicted octanol–water partition coefficient (Wildman–Crippen LogP) is 3.48. The van der Waals surface area contributed by atoms with Crippen LogP contribution in [0.25, 0.3) is 0 Å². The lowest BCUT2D eigenvalue weighted by Gasteiger charge is -2.18. The van der Waals surface area contributed by atoms with Gasteiger partial charge in [0.15, 0.2) is 23.3 Å². The number of halogens is 4. The number of carboxylic acids is 1. The Bertz CT molecular complexity index is 955. The second kappa shape index (κ2) is 6.90. The number of hydrogen-bond donors (Lipinski definition) is 2. The molecule has 1 aliphatic rings. The van der Waals surface area contributed by atoms with E-state index in [2.05, 4.69) is 0 Å². The molecular formula is C18H13F4NO4. The number of rotatable bonds is 4. The van der Waals surface area contributed by atoms with Crippen molar-refractivity contribution in [2.45, 2.75) is 12.8 Å². The fraction of sp³-hybridized carbons (Fsp3) is 0.222. The van der Waals surface area contributed by atoms with Gasteiger partial charge in [-0.1, -0.05) is 0 Å². The summed E-state index contributed by atoms with van der Waals surface area (Å²) in [6.07, 6.45) is 1.89. The van der Waals surface area contributed by atoms with E-state index in [4.69, 9.17) is 5.11 Å². The van der Waals surface area contributed by atoms with E-state index in [0.717, 1.165) is 32.0 Å². The van der Waals surface area contributed by atoms with E-state index in [1.54, 1.807) is 0 Å². The molecule has 2 aromatic carbocycles. The third kappa shape index (κ3) is 3.09. The van der Waals surface area contributed by atoms with Gasteiger partial charge in [0.1, 0.15) is 11.3 Å². The minimum atomic E-state index is -2.34. The van der Waals surface area contributed by atoms with Gasteiger partial charge in [0.05, 0.1) is 11.1 Å². The summed E-state index contributed by atoms with van der Waals surface area (Å²) in [7, 11) is 0. The Kier molecular flexibility index (Phi) is 4.77. The molecule has 1 aliphatic heterocycles. The van der Waals surface area contributed by atoms with Crippen molar-refractivity contribution in [3.05, 3.63) is 58.2 Å². The normalized spacial score (nSPS) is 13.9. The quantitative estimate of drug-likeness (QED) is 0.366. The van der Waals surface area contributed by atoms with Crippen molar-refractivity contribution in [1.29, 1.82) is 0 Å². The van der Waals surface area contributed by atoms with Crippen LogP contribution in [0.3, 0.4) is 0 Å². The molecule has 0 atom stereocenters. The van der Waals surface area contributed by atoms with E-state index in [-0.39, 0.29) is 0 Å². The second-order valence-corrected chi connectivity index (χ2v) is 6.04. The van der Waals surface area contributed by atoms with Gasteiger partial charge in [0.2, 0.25) is 5.78 Å². The number of ketones is 1. The molecule has 0 spiro atoms. The summed E-state index contributed by atoms with van der Waals surface area (Å²) in [6.45, 7) is 1.47. The van der Waals surface area contributed by atoms with E-state index in [0.29, 0.717) is 5.69 Å². The largest absolute Gasteiger partial charge is 0.507 e. The Morgan fingerprint density at radius 1 is 0.889 bits per heavy atom. The topological polar surface area (TPSA) is 77.8 Å². The standard InChI is InChI=1S/C18H13F4NO4/c19-13-11(12(18(26)27)14(20)16(22)15(13)21)17(25)9-4-3-8(7-10(9)24)23-5-1-2-6-23/h3-4,7,24H,1-2,5-6H2,(H,26,27). The highest BCUT2D eigenvalue weighted by Crippen LogP contribution is 2.32. The van der Waals surface area contributed by atoms with Crippen LogP contribution in [-0.4, -0.2) is 35.1 Å². The number of phenolic OH excluding ortho intramolecular Hbond substituents is 1. The third-order valence-corrected chi connectivity index (χ3v) is 4.41. The summed E-state index contributed by atoms with van der Waals surface area (Å²) < 4.78 is 54.8. The van der Waals surface area contributed by atoms with Crippen LogP contribution in [0.4, 0.5) is 23.2 Å². The summed E-state index contributed by atoms with van der Waals surface area (Å²) in [4.78, 5) is 25.6. The van der Waals surface area contributed by atoms with Gasteiger partial charge in [0, 0.05) is 24.8 Å². The van der Waals surface area contributed by atoms with Gasteiger partial charge in [0.25, 0.3) is 0 Å². The highest BCUT2D eigenvalue weighted by molar-refractivity contribution is 6.15. The summed E-state index contributed by atoms with van der Waals surface area (Å²) in [6, 6.07) is 3.75. The zero-order chi connectivity index (χ0) is 19.9. The molecule has 9 heteroatoms. The highest BCUT2D eigenvalue weighted by atomic mass is 19.2.